The molecule has 1 saturated heterocycles. The SMILES string of the molecule is COC1(Cn2cc(B3OC(C)(C)C(C)(C)O3)cn2)CC1. The normalized spacial score (nSPS) is 25.9. The van der Waals surface area contributed by atoms with Crippen molar-refractivity contribution in [2.45, 2.75) is 63.9 Å². The Hall–Kier alpha value is -0.845. The van der Waals surface area contributed by atoms with Crippen molar-refractivity contribution in [2.24, 2.45) is 0 Å². The second-order valence-corrected chi connectivity index (χ2v) is 6.95. The van der Waals surface area contributed by atoms with Gasteiger partial charge in [-0.15, -0.1) is 0 Å². The van der Waals surface area contributed by atoms with Crippen LogP contribution >= 0.6 is 0 Å². The summed E-state index contributed by atoms with van der Waals surface area (Å²) in [6.07, 6.45) is 6.04. The zero-order valence-corrected chi connectivity index (χ0v) is 13.0. The third-order valence-electron chi connectivity index (χ3n) is 4.87. The molecule has 1 aliphatic carbocycles. The van der Waals surface area contributed by atoms with Crippen LogP contribution in [-0.4, -0.2) is 40.8 Å². The molecule has 110 valence electrons. The van der Waals surface area contributed by atoms with Gasteiger partial charge in [0, 0.05) is 25.0 Å². The molecule has 0 atom stereocenters. The zero-order chi connectivity index (χ0) is 14.6. The Morgan fingerprint density at radius 2 is 1.85 bits per heavy atom. The van der Waals surface area contributed by atoms with Gasteiger partial charge in [0.2, 0.25) is 0 Å². The number of ether oxygens (including phenoxy) is 1. The van der Waals surface area contributed by atoms with Crippen LogP contribution in [0.25, 0.3) is 0 Å². The number of methoxy groups -OCH3 is 1. The molecule has 0 spiro atoms. The van der Waals surface area contributed by atoms with Crippen LogP contribution in [0.2, 0.25) is 0 Å². The first-order valence-corrected chi connectivity index (χ1v) is 7.20. The Balaban J connectivity index is 1.72. The molecular formula is C14H23BN2O3. The van der Waals surface area contributed by atoms with Gasteiger partial charge in [-0.1, -0.05) is 0 Å². The minimum atomic E-state index is -0.341. The molecule has 0 radical (unpaired) electrons. The Kier molecular flexibility index (Phi) is 3.05. The maximum Gasteiger partial charge on any atom is 0.498 e. The average Bonchev–Trinajstić information content (AvgIpc) is 2.89. The van der Waals surface area contributed by atoms with Crippen LogP contribution in [0.4, 0.5) is 0 Å². The van der Waals surface area contributed by atoms with E-state index >= 15 is 0 Å². The summed E-state index contributed by atoms with van der Waals surface area (Å²) in [7, 11) is 1.43. The number of aromatic nitrogens is 2. The molecule has 5 nitrogen and oxygen atoms in total. The third kappa shape index (κ3) is 2.30. The van der Waals surface area contributed by atoms with E-state index < -0.39 is 0 Å². The van der Waals surface area contributed by atoms with Crippen molar-refractivity contribution in [3.63, 3.8) is 0 Å². The molecule has 20 heavy (non-hydrogen) atoms. The molecule has 1 aromatic heterocycles. The van der Waals surface area contributed by atoms with Crippen LogP contribution in [0.15, 0.2) is 12.4 Å². The van der Waals surface area contributed by atoms with E-state index in [9.17, 15) is 0 Å². The molecule has 1 saturated carbocycles. The smallest absolute Gasteiger partial charge is 0.399 e. The second kappa shape index (κ2) is 4.32. The first-order valence-electron chi connectivity index (χ1n) is 7.20. The van der Waals surface area contributed by atoms with Gasteiger partial charge in [-0.2, -0.15) is 5.10 Å². The standard InChI is InChI=1S/C14H23BN2O3/c1-12(2)13(3,4)20-15(19-12)11-8-16-17(9-11)10-14(18-5)6-7-14/h8-9H,6-7,10H2,1-5H3. The predicted molar refractivity (Wildman–Crippen MR) is 76.9 cm³/mol. The fraction of sp³-hybridized carbons (Fsp3) is 0.786. The Labute approximate surface area is 120 Å². The van der Waals surface area contributed by atoms with Crippen LogP contribution in [-0.2, 0) is 20.6 Å². The van der Waals surface area contributed by atoms with E-state index in [4.69, 9.17) is 14.0 Å². The van der Waals surface area contributed by atoms with Crippen molar-refractivity contribution in [3.8, 4) is 0 Å². The summed E-state index contributed by atoms with van der Waals surface area (Å²) in [5.74, 6) is 0. The predicted octanol–water partition coefficient (Wildman–Crippen LogP) is 1.36. The molecule has 3 rings (SSSR count). The summed E-state index contributed by atoms with van der Waals surface area (Å²) in [5.41, 5.74) is 0.336. The van der Waals surface area contributed by atoms with E-state index in [2.05, 4.69) is 32.8 Å². The zero-order valence-electron chi connectivity index (χ0n) is 13.0. The van der Waals surface area contributed by atoms with E-state index in [1.165, 1.54) is 0 Å². The fourth-order valence-electron chi connectivity index (χ4n) is 2.43. The lowest BCUT2D eigenvalue weighted by Crippen LogP contribution is -2.41. The number of nitrogens with zero attached hydrogens (tertiary/aromatic N) is 2. The summed E-state index contributed by atoms with van der Waals surface area (Å²) >= 11 is 0. The van der Waals surface area contributed by atoms with Gasteiger partial charge >= 0.3 is 7.12 Å². The van der Waals surface area contributed by atoms with Crippen molar-refractivity contribution < 1.29 is 14.0 Å². The monoisotopic (exact) mass is 278 g/mol. The lowest BCUT2D eigenvalue weighted by atomic mass is 9.82. The molecule has 0 unspecified atom stereocenters. The highest BCUT2D eigenvalue weighted by Gasteiger charge is 2.52. The molecule has 0 aromatic carbocycles. The van der Waals surface area contributed by atoms with Crippen LogP contribution in [0.5, 0.6) is 0 Å². The average molecular weight is 278 g/mol. The summed E-state index contributed by atoms with van der Waals surface area (Å²) in [6, 6.07) is 0. The Morgan fingerprint density at radius 1 is 1.25 bits per heavy atom. The van der Waals surface area contributed by atoms with Crippen molar-refractivity contribution >= 4 is 12.6 Å². The van der Waals surface area contributed by atoms with E-state index in [0.29, 0.717) is 0 Å². The topological polar surface area (TPSA) is 45.5 Å². The minimum absolute atomic E-state index is 0.000772. The molecule has 2 aliphatic rings. The van der Waals surface area contributed by atoms with E-state index in [0.717, 1.165) is 24.8 Å². The van der Waals surface area contributed by atoms with Crippen LogP contribution in [0.1, 0.15) is 40.5 Å². The van der Waals surface area contributed by atoms with Gasteiger partial charge in [0.25, 0.3) is 0 Å². The molecule has 1 aromatic rings. The highest BCUT2D eigenvalue weighted by molar-refractivity contribution is 6.61. The molecule has 6 heteroatoms. The van der Waals surface area contributed by atoms with Crippen molar-refractivity contribution in [3.05, 3.63) is 12.4 Å². The highest BCUT2D eigenvalue weighted by atomic mass is 16.7. The lowest BCUT2D eigenvalue weighted by Gasteiger charge is -2.32. The van der Waals surface area contributed by atoms with Gasteiger partial charge in [-0.25, -0.2) is 0 Å². The first kappa shape index (κ1) is 14.1. The highest BCUT2D eigenvalue weighted by Crippen LogP contribution is 2.40. The van der Waals surface area contributed by atoms with Crippen molar-refractivity contribution in [1.29, 1.82) is 0 Å². The number of rotatable bonds is 4. The molecule has 2 fully saturated rings. The lowest BCUT2D eigenvalue weighted by molar-refractivity contribution is 0.00578. The third-order valence-corrected chi connectivity index (χ3v) is 4.87. The van der Waals surface area contributed by atoms with E-state index in [1.54, 1.807) is 7.11 Å². The summed E-state index contributed by atoms with van der Waals surface area (Å²) in [6.45, 7) is 9.02. The van der Waals surface area contributed by atoms with Gasteiger partial charge in [-0.3, -0.25) is 4.68 Å². The van der Waals surface area contributed by atoms with Crippen LogP contribution in [0.3, 0.4) is 0 Å². The minimum Gasteiger partial charge on any atom is -0.399 e. The van der Waals surface area contributed by atoms with Gasteiger partial charge in [0.05, 0.1) is 23.3 Å². The second-order valence-electron chi connectivity index (χ2n) is 6.95. The summed E-state index contributed by atoms with van der Waals surface area (Å²) in [4.78, 5) is 0. The van der Waals surface area contributed by atoms with Gasteiger partial charge in [0.15, 0.2) is 0 Å². The summed E-state index contributed by atoms with van der Waals surface area (Å²) in [5, 5.41) is 4.41. The fourth-order valence-corrected chi connectivity index (χ4v) is 2.43. The van der Waals surface area contributed by atoms with Crippen molar-refractivity contribution in [1.82, 2.24) is 9.78 Å². The Morgan fingerprint density at radius 3 is 2.35 bits per heavy atom. The van der Waals surface area contributed by atoms with Crippen LogP contribution < -0.4 is 5.46 Å². The maximum absolute atomic E-state index is 6.03. The largest absolute Gasteiger partial charge is 0.498 e. The number of hydrogen-bond acceptors (Lipinski definition) is 4. The molecule has 2 heterocycles. The van der Waals surface area contributed by atoms with E-state index in [1.807, 2.05) is 17.1 Å². The van der Waals surface area contributed by atoms with Gasteiger partial charge in [0.1, 0.15) is 0 Å². The molecule has 0 amide bonds. The Bertz CT molecular complexity index is 492. The molecular weight excluding hydrogens is 255 g/mol. The quantitative estimate of drug-likeness (QED) is 0.780. The van der Waals surface area contributed by atoms with Crippen LogP contribution in [0, 0.1) is 0 Å². The van der Waals surface area contributed by atoms with Crippen molar-refractivity contribution in [2.75, 3.05) is 7.11 Å². The van der Waals surface area contributed by atoms with E-state index in [-0.39, 0.29) is 23.9 Å². The molecule has 0 bridgehead atoms. The maximum atomic E-state index is 6.03. The molecule has 1 aliphatic heterocycles. The van der Waals surface area contributed by atoms with Gasteiger partial charge < -0.3 is 14.0 Å². The first-order chi connectivity index (χ1) is 9.27. The molecule has 0 N–H and O–H groups in total. The summed E-state index contributed by atoms with van der Waals surface area (Å²) < 4.78 is 19.5. The number of hydrogen-bond donors (Lipinski definition) is 0. The van der Waals surface area contributed by atoms with Gasteiger partial charge in [-0.05, 0) is 40.5 Å².